The van der Waals surface area contributed by atoms with Crippen LogP contribution in [0.3, 0.4) is 0 Å². The van der Waals surface area contributed by atoms with Gasteiger partial charge in [0.2, 0.25) is 0 Å². The molecule has 3 N–H and O–H groups in total. The predicted octanol–water partition coefficient (Wildman–Crippen LogP) is 4.66. The molecule has 0 radical (unpaired) electrons. The summed E-state index contributed by atoms with van der Waals surface area (Å²) in [5, 5.41) is 2.70. The van der Waals surface area contributed by atoms with E-state index in [-0.39, 0.29) is 11.5 Å². The van der Waals surface area contributed by atoms with Crippen LogP contribution in [0, 0.1) is 0 Å². The van der Waals surface area contributed by atoms with Gasteiger partial charge in [-0.05, 0) is 55.5 Å². The number of benzene rings is 4. The van der Waals surface area contributed by atoms with E-state index < -0.39 is 42.8 Å². The van der Waals surface area contributed by atoms with Gasteiger partial charge in [0.05, 0.1) is 12.2 Å². The van der Waals surface area contributed by atoms with Gasteiger partial charge in [-0.2, -0.15) is 0 Å². The normalized spacial score (nSPS) is 11.1. The van der Waals surface area contributed by atoms with E-state index in [4.69, 9.17) is 10.5 Å². The molecule has 236 valence electrons. The van der Waals surface area contributed by atoms with E-state index in [9.17, 15) is 24.0 Å². The summed E-state index contributed by atoms with van der Waals surface area (Å²) in [6.07, 6.45) is 0. The minimum absolute atomic E-state index is 0.162. The Morgan fingerprint density at radius 3 is 2.02 bits per heavy atom. The second-order valence-electron chi connectivity index (χ2n) is 10.5. The maximum absolute atomic E-state index is 14.4. The molecule has 1 unspecified atom stereocenters. The quantitative estimate of drug-likeness (QED) is 0.163. The lowest BCUT2D eigenvalue weighted by molar-refractivity contribution is -0.128. The fraction of sp³-hybridized carbons (Fsp3) is 0.171. The fourth-order valence-electron chi connectivity index (χ4n) is 4.72. The van der Waals surface area contributed by atoms with E-state index in [0.29, 0.717) is 28.3 Å². The minimum Gasteiger partial charge on any atom is -0.482 e. The lowest BCUT2D eigenvalue weighted by Crippen LogP contribution is -2.54. The van der Waals surface area contributed by atoms with Crippen LogP contribution in [0.1, 0.15) is 17.3 Å². The van der Waals surface area contributed by atoms with Crippen molar-refractivity contribution in [1.29, 1.82) is 0 Å². The first-order chi connectivity index (χ1) is 22.1. The Kier molecular flexibility index (Phi) is 10.9. The van der Waals surface area contributed by atoms with Crippen molar-refractivity contribution in [1.82, 2.24) is 4.90 Å². The number of carbonyl (C=O) groups is 5. The van der Waals surface area contributed by atoms with E-state index in [1.165, 1.54) is 29.8 Å². The molecular formula is C35H35N5O6. The number of hydrogen-bond acceptors (Lipinski definition) is 7. The van der Waals surface area contributed by atoms with Crippen LogP contribution in [0.2, 0.25) is 0 Å². The van der Waals surface area contributed by atoms with Gasteiger partial charge in [-0.15, -0.1) is 0 Å². The second-order valence-corrected chi connectivity index (χ2v) is 10.5. The number of nitrogens with zero attached hydrogens (tertiary/aromatic N) is 3. The van der Waals surface area contributed by atoms with E-state index in [1.807, 2.05) is 6.07 Å². The maximum atomic E-state index is 14.4. The van der Waals surface area contributed by atoms with Gasteiger partial charge in [0, 0.05) is 36.7 Å². The zero-order chi connectivity index (χ0) is 33.2. The van der Waals surface area contributed by atoms with Crippen molar-refractivity contribution < 1.29 is 28.7 Å². The third-order valence-electron chi connectivity index (χ3n) is 7.06. The highest BCUT2D eigenvalue weighted by Gasteiger charge is 2.38. The van der Waals surface area contributed by atoms with Gasteiger partial charge in [-0.3, -0.25) is 19.2 Å². The highest BCUT2D eigenvalue weighted by molar-refractivity contribution is 6.16. The molecule has 0 saturated carbocycles. The zero-order valence-electron chi connectivity index (χ0n) is 25.8. The number of nitrogens with two attached hydrogens (primary N) is 1. The molecule has 0 bridgehead atoms. The van der Waals surface area contributed by atoms with Crippen molar-refractivity contribution in [3.63, 3.8) is 0 Å². The Morgan fingerprint density at radius 2 is 1.39 bits per heavy atom. The number of likely N-dealkylation sites (N-methyl/N-ethyl adjacent to an activating group) is 2. The largest absolute Gasteiger partial charge is 0.482 e. The Bertz CT molecular complexity index is 1710. The lowest BCUT2D eigenvalue weighted by atomic mass is 10.0. The van der Waals surface area contributed by atoms with E-state index >= 15 is 0 Å². The number of Topliss-reactive ketones (excluding diaryl/α,β-unsaturated/α-hetero) is 2. The van der Waals surface area contributed by atoms with Gasteiger partial charge in [0.25, 0.3) is 11.8 Å². The van der Waals surface area contributed by atoms with Crippen molar-refractivity contribution in [2.24, 2.45) is 5.73 Å². The Hall–Kier alpha value is -5.97. The van der Waals surface area contributed by atoms with Crippen LogP contribution >= 0.6 is 0 Å². The molecule has 0 aliphatic carbocycles. The number of hydrogen-bond donors (Lipinski definition) is 2. The topological polar surface area (TPSA) is 142 Å². The number of nitrogens with one attached hydrogen (secondary N) is 1. The number of ketones is 2. The molecule has 4 aromatic carbocycles. The number of ether oxygens (including phenoxy) is 1. The summed E-state index contributed by atoms with van der Waals surface area (Å²) in [4.78, 5) is 69.4. The molecule has 0 heterocycles. The molecule has 4 amide bonds. The summed E-state index contributed by atoms with van der Waals surface area (Å²) in [6, 6.07) is 28.6. The zero-order valence-corrected chi connectivity index (χ0v) is 25.8. The third kappa shape index (κ3) is 8.14. The highest BCUT2D eigenvalue weighted by atomic mass is 16.5. The summed E-state index contributed by atoms with van der Waals surface area (Å²) in [5.74, 6) is -1.82. The van der Waals surface area contributed by atoms with Crippen LogP contribution in [-0.4, -0.2) is 67.6 Å². The van der Waals surface area contributed by atoms with Crippen molar-refractivity contribution in [3.8, 4) is 5.75 Å². The van der Waals surface area contributed by atoms with Crippen molar-refractivity contribution in [2.75, 3.05) is 42.4 Å². The van der Waals surface area contributed by atoms with Crippen LogP contribution in [-0.2, 0) is 14.4 Å². The Labute approximate surface area is 267 Å². The molecule has 1 atom stereocenters. The number of amides is 4. The SMILES string of the molecule is CC(=O)c1cccc(NC(=O)N(C)CC(=O)C(C(=O)N(C)c2ccccc2)N(c2ccccc2)c2ccccc2OCC(N)=O)c1. The Balaban J connectivity index is 1.75. The summed E-state index contributed by atoms with van der Waals surface area (Å²) in [5.41, 5.74) is 7.50. The molecule has 4 rings (SSSR count). The number of primary amides is 1. The van der Waals surface area contributed by atoms with E-state index in [2.05, 4.69) is 5.32 Å². The van der Waals surface area contributed by atoms with Crippen molar-refractivity contribution in [2.45, 2.75) is 13.0 Å². The van der Waals surface area contributed by atoms with Gasteiger partial charge in [0.15, 0.2) is 24.2 Å². The number of urea groups is 1. The molecule has 0 fully saturated rings. The standard InChI is InChI=1S/C35H35N5O6/c1-24(41)25-13-12-14-26(21-25)37-35(45)38(2)22-30(42)33(34(44)39(3)27-15-6-4-7-16-27)40(28-17-8-5-9-18-28)29-19-10-11-20-31(29)46-23-32(36)43/h4-21,33H,22-23H2,1-3H3,(H2,36,43)(H,37,45). The Morgan fingerprint density at radius 1 is 0.783 bits per heavy atom. The summed E-state index contributed by atoms with van der Waals surface area (Å²) < 4.78 is 5.72. The summed E-state index contributed by atoms with van der Waals surface area (Å²) >= 11 is 0. The first-order valence-electron chi connectivity index (χ1n) is 14.4. The van der Waals surface area contributed by atoms with Gasteiger partial charge in [-0.1, -0.05) is 60.7 Å². The monoisotopic (exact) mass is 621 g/mol. The van der Waals surface area contributed by atoms with Crippen LogP contribution in [0.4, 0.5) is 27.5 Å². The lowest BCUT2D eigenvalue weighted by Gasteiger charge is -2.35. The van der Waals surface area contributed by atoms with Gasteiger partial charge < -0.3 is 30.5 Å². The first kappa shape index (κ1) is 32.9. The van der Waals surface area contributed by atoms with Crippen LogP contribution < -0.4 is 25.6 Å². The second kappa shape index (κ2) is 15.2. The summed E-state index contributed by atoms with van der Waals surface area (Å²) in [6.45, 7) is 0.541. The molecule has 0 aliphatic heterocycles. The maximum Gasteiger partial charge on any atom is 0.321 e. The average molecular weight is 622 g/mol. The number of anilines is 4. The third-order valence-corrected chi connectivity index (χ3v) is 7.06. The first-order valence-corrected chi connectivity index (χ1v) is 14.4. The van der Waals surface area contributed by atoms with Crippen molar-refractivity contribution in [3.05, 3.63) is 115 Å². The molecular weight excluding hydrogens is 586 g/mol. The van der Waals surface area contributed by atoms with Crippen LogP contribution in [0.15, 0.2) is 109 Å². The molecule has 0 aliphatic rings. The highest BCUT2D eigenvalue weighted by Crippen LogP contribution is 2.36. The smallest absolute Gasteiger partial charge is 0.321 e. The van der Waals surface area contributed by atoms with Crippen LogP contribution in [0.25, 0.3) is 0 Å². The van der Waals surface area contributed by atoms with Crippen LogP contribution in [0.5, 0.6) is 5.75 Å². The molecule has 46 heavy (non-hydrogen) atoms. The van der Waals surface area contributed by atoms with E-state index in [1.54, 1.807) is 104 Å². The molecule has 11 nitrogen and oxygen atoms in total. The fourth-order valence-corrected chi connectivity index (χ4v) is 4.72. The number of rotatable bonds is 13. The minimum atomic E-state index is -1.48. The molecule has 0 saturated heterocycles. The average Bonchev–Trinajstić information content (AvgIpc) is 3.06. The number of para-hydroxylation sites is 4. The van der Waals surface area contributed by atoms with E-state index in [0.717, 1.165) is 4.90 Å². The molecule has 4 aromatic rings. The van der Waals surface area contributed by atoms with Crippen molar-refractivity contribution >= 4 is 52.2 Å². The summed E-state index contributed by atoms with van der Waals surface area (Å²) in [7, 11) is 3.00. The predicted molar refractivity (Wildman–Crippen MR) is 176 cm³/mol. The van der Waals surface area contributed by atoms with Gasteiger partial charge in [0.1, 0.15) is 5.75 Å². The number of carbonyl (C=O) groups excluding carboxylic acids is 5. The molecule has 0 spiro atoms. The molecule has 11 heteroatoms. The van der Waals surface area contributed by atoms with Gasteiger partial charge >= 0.3 is 6.03 Å². The molecule has 0 aromatic heterocycles. The van der Waals surface area contributed by atoms with Gasteiger partial charge in [-0.25, -0.2) is 4.79 Å².